The maximum atomic E-state index is 13.8. The molecule has 37 heavy (non-hydrogen) atoms. The number of hydrogen-bond donors (Lipinski definition) is 1. The topological polar surface area (TPSA) is 109 Å². The van der Waals surface area contributed by atoms with Crippen LogP contribution in [0.2, 0.25) is 5.02 Å². The fraction of sp³-hybridized carbons (Fsp3) is 0.296. The second-order valence-corrected chi connectivity index (χ2v) is 10.0. The Morgan fingerprint density at radius 3 is 2.70 bits per heavy atom. The number of halogens is 1. The number of para-hydroxylation sites is 1. The van der Waals surface area contributed by atoms with Crippen LogP contribution in [0.15, 0.2) is 66.0 Å². The lowest BCUT2D eigenvalue weighted by molar-refractivity contribution is 0.287. The van der Waals surface area contributed by atoms with Gasteiger partial charge in [0.25, 0.3) is 5.56 Å². The number of nitrogens with two attached hydrogens (primary N) is 1. The third-order valence-electron chi connectivity index (χ3n) is 7.28. The highest BCUT2D eigenvalue weighted by molar-refractivity contribution is 6.33. The highest BCUT2D eigenvalue weighted by atomic mass is 35.5. The SMILES string of the molecule is Cn1cc(-c2cnc(N)nc2CC2CCCC[C@H]2c2nn3ccc(Cl)c3c(=O)n2-c2ccccc2)cn1. The van der Waals surface area contributed by atoms with Crippen molar-refractivity contribution in [3.63, 3.8) is 0 Å². The van der Waals surface area contributed by atoms with Crippen LogP contribution in [-0.2, 0) is 13.5 Å². The van der Waals surface area contributed by atoms with E-state index in [2.05, 4.69) is 15.1 Å². The van der Waals surface area contributed by atoms with Crippen molar-refractivity contribution in [2.75, 3.05) is 5.73 Å². The summed E-state index contributed by atoms with van der Waals surface area (Å²) < 4.78 is 5.12. The first-order valence-electron chi connectivity index (χ1n) is 12.4. The van der Waals surface area contributed by atoms with Crippen LogP contribution < -0.4 is 11.3 Å². The highest BCUT2D eigenvalue weighted by Gasteiger charge is 2.33. The third kappa shape index (κ3) is 4.29. The zero-order valence-corrected chi connectivity index (χ0v) is 21.2. The molecule has 0 radical (unpaired) electrons. The van der Waals surface area contributed by atoms with Gasteiger partial charge in [0.2, 0.25) is 5.95 Å². The number of rotatable bonds is 5. The van der Waals surface area contributed by atoms with E-state index in [0.29, 0.717) is 17.0 Å². The molecule has 1 saturated carbocycles. The number of nitrogens with zero attached hydrogens (tertiary/aromatic N) is 7. The van der Waals surface area contributed by atoms with Crippen LogP contribution in [0.3, 0.4) is 0 Å². The minimum absolute atomic E-state index is 0.0465. The minimum atomic E-state index is -0.169. The van der Waals surface area contributed by atoms with Crippen molar-refractivity contribution in [3.8, 4) is 16.8 Å². The molecule has 0 spiro atoms. The number of hydrogen-bond acceptors (Lipinski definition) is 6. The number of aromatic nitrogens is 7. The molecule has 1 fully saturated rings. The summed E-state index contributed by atoms with van der Waals surface area (Å²) in [6.07, 6.45) is 12.1. The Bertz CT molecular complexity index is 1640. The number of fused-ring (bicyclic) bond motifs is 1. The van der Waals surface area contributed by atoms with Crippen molar-refractivity contribution in [3.05, 3.63) is 88.1 Å². The lowest BCUT2D eigenvalue weighted by Crippen LogP contribution is -2.32. The van der Waals surface area contributed by atoms with Gasteiger partial charge in [-0.15, -0.1) is 0 Å². The van der Waals surface area contributed by atoms with Gasteiger partial charge in [-0.1, -0.05) is 42.6 Å². The van der Waals surface area contributed by atoms with Gasteiger partial charge in [-0.2, -0.15) is 10.2 Å². The Kier molecular flexibility index (Phi) is 6.00. The van der Waals surface area contributed by atoms with Crippen LogP contribution in [0, 0.1) is 5.92 Å². The van der Waals surface area contributed by atoms with Gasteiger partial charge in [-0.05, 0) is 43.4 Å². The summed E-state index contributed by atoms with van der Waals surface area (Å²) in [6, 6.07) is 11.4. The molecule has 0 saturated heterocycles. The van der Waals surface area contributed by atoms with E-state index in [4.69, 9.17) is 22.4 Å². The summed E-state index contributed by atoms with van der Waals surface area (Å²) in [5.41, 5.74) is 9.78. The third-order valence-corrected chi connectivity index (χ3v) is 7.58. The van der Waals surface area contributed by atoms with Crippen molar-refractivity contribution in [2.45, 2.75) is 38.0 Å². The molecule has 0 amide bonds. The molecule has 2 N–H and O–H groups in total. The van der Waals surface area contributed by atoms with Gasteiger partial charge in [0.1, 0.15) is 11.3 Å². The minimum Gasteiger partial charge on any atom is -0.368 e. The maximum absolute atomic E-state index is 13.8. The quantitative estimate of drug-likeness (QED) is 0.371. The van der Waals surface area contributed by atoms with E-state index >= 15 is 0 Å². The van der Waals surface area contributed by atoms with Crippen molar-refractivity contribution >= 4 is 23.1 Å². The Balaban J connectivity index is 1.48. The van der Waals surface area contributed by atoms with Crippen LogP contribution in [0.4, 0.5) is 5.95 Å². The average Bonchev–Trinajstić information content (AvgIpc) is 3.50. The largest absolute Gasteiger partial charge is 0.368 e. The lowest BCUT2D eigenvalue weighted by Gasteiger charge is -2.32. The molecular formula is C27H27ClN8O. The summed E-state index contributed by atoms with van der Waals surface area (Å²) in [7, 11) is 1.89. The Labute approximate surface area is 218 Å². The van der Waals surface area contributed by atoms with Gasteiger partial charge in [0.15, 0.2) is 0 Å². The molecule has 1 aliphatic carbocycles. The highest BCUT2D eigenvalue weighted by Crippen LogP contribution is 2.40. The molecule has 1 aliphatic rings. The zero-order chi connectivity index (χ0) is 25.5. The van der Waals surface area contributed by atoms with Gasteiger partial charge in [0.05, 0.1) is 22.6 Å². The van der Waals surface area contributed by atoms with Gasteiger partial charge in [-0.3, -0.25) is 14.0 Å². The van der Waals surface area contributed by atoms with Crippen LogP contribution in [0.5, 0.6) is 0 Å². The summed E-state index contributed by atoms with van der Waals surface area (Å²) in [5.74, 6) is 1.25. The Morgan fingerprint density at radius 2 is 1.92 bits per heavy atom. The number of aryl methyl sites for hydroxylation is 1. The van der Waals surface area contributed by atoms with Crippen molar-refractivity contribution in [2.24, 2.45) is 13.0 Å². The molecule has 0 bridgehead atoms. The van der Waals surface area contributed by atoms with Crippen LogP contribution in [0.1, 0.15) is 43.1 Å². The van der Waals surface area contributed by atoms with Crippen molar-refractivity contribution < 1.29 is 0 Å². The molecule has 10 heteroatoms. The number of benzene rings is 1. The zero-order valence-electron chi connectivity index (χ0n) is 20.5. The molecule has 0 aliphatic heterocycles. The molecule has 6 rings (SSSR count). The number of anilines is 1. The van der Waals surface area contributed by atoms with E-state index in [-0.39, 0.29) is 23.3 Å². The average molecular weight is 515 g/mol. The van der Waals surface area contributed by atoms with Gasteiger partial charge in [-0.25, -0.2) is 14.5 Å². The summed E-state index contributed by atoms with van der Waals surface area (Å²) in [6.45, 7) is 0. The van der Waals surface area contributed by atoms with Crippen LogP contribution in [0.25, 0.3) is 22.3 Å². The first kappa shape index (κ1) is 23.4. The van der Waals surface area contributed by atoms with E-state index in [9.17, 15) is 4.79 Å². The molecule has 9 nitrogen and oxygen atoms in total. The van der Waals surface area contributed by atoms with Gasteiger partial charge >= 0.3 is 0 Å². The summed E-state index contributed by atoms with van der Waals surface area (Å²) in [5, 5.41) is 9.69. The first-order valence-corrected chi connectivity index (χ1v) is 12.8. The second-order valence-electron chi connectivity index (χ2n) is 9.64. The normalized spacial score (nSPS) is 17.9. The standard InChI is InChI=1S/C27H27ClN8O/c1-34-16-18(14-31-34)21-15-30-27(29)32-23(21)13-17-7-5-6-10-20(17)25-33-35-12-11-22(28)24(35)26(37)36(25)19-8-3-2-4-9-19/h2-4,8-9,11-12,14-17,20H,5-7,10,13H2,1H3,(H2,29,30,32)/t17?,20-/m1/s1. The molecule has 5 aromatic rings. The molecule has 1 aromatic carbocycles. The molecule has 188 valence electrons. The molecular weight excluding hydrogens is 488 g/mol. The van der Waals surface area contributed by atoms with Crippen LogP contribution >= 0.6 is 11.6 Å². The first-order chi connectivity index (χ1) is 18.0. The lowest BCUT2D eigenvalue weighted by atomic mass is 9.75. The summed E-state index contributed by atoms with van der Waals surface area (Å²) >= 11 is 6.40. The monoisotopic (exact) mass is 514 g/mol. The molecule has 2 atom stereocenters. The fourth-order valence-electron chi connectivity index (χ4n) is 5.54. The predicted molar refractivity (Wildman–Crippen MR) is 143 cm³/mol. The van der Waals surface area contributed by atoms with E-state index in [1.54, 1.807) is 32.2 Å². The van der Waals surface area contributed by atoms with Crippen molar-refractivity contribution in [1.29, 1.82) is 0 Å². The smallest absolute Gasteiger partial charge is 0.284 e. The van der Waals surface area contributed by atoms with Crippen LogP contribution in [-0.4, -0.2) is 33.9 Å². The van der Waals surface area contributed by atoms with Gasteiger partial charge < -0.3 is 5.73 Å². The molecule has 1 unspecified atom stereocenters. The Hall–Kier alpha value is -3.98. The van der Waals surface area contributed by atoms with Crippen molar-refractivity contribution in [1.82, 2.24) is 33.9 Å². The Morgan fingerprint density at radius 1 is 1.11 bits per heavy atom. The van der Waals surface area contributed by atoms with E-state index in [1.165, 1.54) is 0 Å². The fourth-order valence-corrected chi connectivity index (χ4v) is 5.77. The molecule has 4 heterocycles. The summed E-state index contributed by atoms with van der Waals surface area (Å²) in [4.78, 5) is 22.7. The van der Waals surface area contributed by atoms with E-state index in [0.717, 1.165) is 54.0 Å². The van der Waals surface area contributed by atoms with Gasteiger partial charge in [0, 0.05) is 42.7 Å². The predicted octanol–water partition coefficient (Wildman–Crippen LogP) is 4.43. The van der Waals surface area contributed by atoms with E-state index in [1.807, 2.05) is 49.8 Å². The molecule has 4 aromatic heterocycles. The number of nitrogen functional groups attached to an aromatic ring is 1. The van der Waals surface area contributed by atoms with E-state index < -0.39 is 0 Å². The second kappa shape index (κ2) is 9.48. The maximum Gasteiger partial charge on any atom is 0.284 e.